The van der Waals surface area contributed by atoms with Gasteiger partial charge in [-0.15, -0.1) is 0 Å². The van der Waals surface area contributed by atoms with Crippen LogP contribution in [0, 0.1) is 0 Å². The number of allylic oxidation sites excluding steroid dienone is 2. The molecule has 0 spiro atoms. The van der Waals surface area contributed by atoms with E-state index < -0.39 is 49.1 Å². The average Bonchev–Trinajstić information content (AvgIpc) is 2.74. The number of hydrogen-bond acceptors (Lipinski definition) is 7. The molecule has 0 bridgehead atoms. The van der Waals surface area contributed by atoms with Crippen molar-refractivity contribution in [3.05, 3.63) is 54.1 Å². The topological polar surface area (TPSA) is 137 Å². The Bertz CT molecular complexity index is 721. The highest BCUT2D eigenvalue weighted by molar-refractivity contribution is 5.91. The van der Waals surface area contributed by atoms with E-state index in [0.717, 1.165) is 5.56 Å². The van der Waals surface area contributed by atoms with Gasteiger partial charge in [0.15, 0.2) is 6.29 Å². The Morgan fingerprint density at radius 2 is 1.90 bits per heavy atom. The van der Waals surface area contributed by atoms with Crippen molar-refractivity contribution in [1.82, 2.24) is 10.6 Å². The maximum absolute atomic E-state index is 12.1. The van der Waals surface area contributed by atoms with Gasteiger partial charge in [-0.2, -0.15) is 0 Å². The molecule has 29 heavy (non-hydrogen) atoms. The van der Waals surface area contributed by atoms with E-state index in [1.165, 1.54) is 13.2 Å². The normalized spacial score (nSPS) is 27.2. The summed E-state index contributed by atoms with van der Waals surface area (Å²) in [5, 5.41) is 34.1. The molecule has 1 aromatic rings. The zero-order chi connectivity index (χ0) is 21.2. The van der Waals surface area contributed by atoms with Crippen LogP contribution in [-0.2, 0) is 19.1 Å². The van der Waals surface area contributed by atoms with Gasteiger partial charge in [0.2, 0.25) is 11.8 Å². The van der Waals surface area contributed by atoms with Gasteiger partial charge in [0.1, 0.15) is 24.4 Å². The van der Waals surface area contributed by atoms with Crippen molar-refractivity contribution in [2.45, 2.75) is 30.6 Å². The van der Waals surface area contributed by atoms with E-state index in [-0.39, 0.29) is 6.54 Å². The van der Waals surface area contributed by atoms with Gasteiger partial charge in [-0.05, 0) is 5.56 Å². The monoisotopic (exact) mass is 406 g/mol. The van der Waals surface area contributed by atoms with Gasteiger partial charge in [0.25, 0.3) is 0 Å². The molecule has 0 aliphatic carbocycles. The molecule has 1 saturated heterocycles. The van der Waals surface area contributed by atoms with Gasteiger partial charge in [-0.1, -0.05) is 48.6 Å². The highest BCUT2D eigenvalue weighted by Crippen LogP contribution is 2.21. The minimum atomic E-state index is -1.41. The lowest BCUT2D eigenvalue weighted by atomic mass is 9.97. The first-order valence-electron chi connectivity index (χ1n) is 9.08. The molecule has 1 heterocycles. The predicted molar refractivity (Wildman–Crippen MR) is 104 cm³/mol. The van der Waals surface area contributed by atoms with Crippen molar-refractivity contribution in [1.29, 1.82) is 0 Å². The number of rotatable bonds is 8. The Morgan fingerprint density at radius 1 is 1.17 bits per heavy atom. The predicted octanol–water partition coefficient (Wildman–Crippen LogP) is -1.06. The molecule has 9 heteroatoms. The van der Waals surface area contributed by atoms with E-state index in [1.807, 2.05) is 36.4 Å². The number of methoxy groups -OCH3 is 1. The molecule has 158 valence electrons. The molecular formula is C20H26N2O7. The van der Waals surface area contributed by atoms with Crippen LogP contribution in [0.2, 0.25) is 0 Å². The van der Waals surface area contributed by atoms with Crippen molar-refractivity contribution < 1.29 is 34.4 Å². The standard InChI is InChI=1S/C20H26N2O7/c1-28-20-17(19(27)18(26)14(12-23)29-20)22-16(25)11-21-15(24)10-6-5-9-13-7-3-2-4-8-13/h2-10,14,17-20,23,26-27H,11-12H2,1H3,(H,21,24)(H,22,25)/b9-5+,10-6+/t14-,17-,18-,19-,20-/m1/s1. The number of benzene rings is 1. The molecule has 5 atom stereocenters. The minimum Gasteiger partial charge on any atom is -0.394 e. The molecule has 0 aromatic heterocycles. The summed E-state index contributed by atoms with van der Waals surface area (Å²) >= 11 is 0. The van der Waals surface area contributed by atoms with Crippen LogP contribution >= 0.6 is 0 Å². The lowest BCUT2D eigenvalue weighted by Gasteiger charge is -2.41. The first-order chi connectivity index (χ1) is 14.0. The van der Waals surface area contributed by atoms with Gasteiger partial charge < -0.3 is 35.4 Å². The fraction of sp³-hybridized carbons (Fsp3) is 0.400. The van der Waals surface area contributed by atoms with Crippen LogP contribution in [0.25, 0.3) is 6.08 Å². The molecule has 2 rings (SSSR count). The number of aliphatic hydroxyl groups excluding tert-OH is 3. The Hall–Kier alpha value is -2.56. The molecule has 0 radical (unpaired) electrons. The first kappa shape index (κ1) is 22.7. The largest absolute Gasteiger partial charge is 0.394 e. The van der Waals surface area contributed by atoms with Gasteiger partial charge in [-0.25, -0.2) is 0 Å². The maximum atomic E-state index is 12.1. The SMILES string of the molecule is CO[C@@H]1O[C@H](CO)[C@@H](O)[C@H](O)[C@H]1NC(=O)CNC(=O)/C=C/C=C/c1ccccc1. The van der Waals surface area contributed by atoms with Crippen LogP contribution in [0.3, 0.4) is 0 Å². The van der Waals surface area contributed by atoms with Gasteiger partial charge >= 0.3 is 0 Å². The zero-order valence-electron chi connectivity index (χ0n) is 16.0. The quantitative estimate of drug-likeness (QED) is 0.274. The second-order valence-corrected chi connectivity index (χ2v) is 6.38. The molecule has 5 N–H and O–H groups in total. The highest BCUT2D eigenvalue weighted by atomic mass is 16.7. The second kappa shape index (κ2) is 11.4. The van der Waals surface area contributed by atoms with Crippen LogP contribution in [0.5, 0.6) is 0 Å². The summed E-state index contributed by atoms with van der Waals surface area (Å²) in [5.41, 5.74) is 0.989. The van der Waals surface area contributed by atoms with Crippen LogP contribution in [-0.4, -0.2) is 78.0 Å². The smallest absolute Gasteiger partial charge is 0.244 e. The summed E-state index contributed by atoms with van der Waals surface area (Å²) in [6, 6.07) is 8.49. The number of carbonyl (C=O) groups is 2. The number of aliphatic hydroxyl groups is 3. The van der Waals surface area contributed by atoms with Crippen molar-refractivity contribution in [3.63, 3.8) is 0 Å². The second-order valence-electron chi connectivity index (χ2n) is 6.38. The van der Waals surface area contributed by atoms with Crippen LogP contribution in [0.1, 0.15) is 5.56 Å². The Morgan fingerprint density at radius 3 is 2.55 bits per heavy atom. The average molecular weight is 406 g/mol. The third-order valence-corrected chi connectivity index (χ3v) is 4.31. The van der Waals surface area contributed by atoms with Crippen LogP contribution in [0.4, 0.5) is 0 Å². The number of nitrogens with one attached hydrogen (secondary N) is 2. The number of hydrogen-bond donors (Lipinski definition) is 5. The summed E-state index contributed by atoms with van der Waals surface area (Å²) in [6.07, 6.45) is 1.46. The van der Waals surface area contributed by atoms with Gasteiger partial charge in [0.05, 0.1) is 13.2 Å². The molecule has 1 aliphatic heterocycles. The highest BCUT2D eigenvalue weighted by Gasteiger charge is 2.45. The van der Waals surface area contributed by atoms with E-state index in [2.05, 4.69) is 10.6 Å². The molecule has 1 aromatic carbocycles. The first-order valence-corrected chi connectivity index (χ1v) is 9.08. The summed E-state index contributed by atoms with van der Waals surface area (Å²) in [6.45, 7) is -0.857. The fourth-order valence-electron chi connectivity index (χ4n) is 2.77. The van der Waals surface area contributed by atoms with Crippen molar-refractivity contribution >= 4 is 17.9 Å². The van der Waals surface area contributed by atoms with Gasteiger partial charge in [-0.3, -0.25) is 9.59 Å². The van der Waals surface area contributed by atoms with E-state index in [1.54, 1.807) is 12.2 Å². The van der Waals surface area contributed by atoms with E-state index >= 15 is 0 Å². The van der Waals surface area contributed by atoms with Crippen molar-refractivity contribution in [2.24, 2.45) is 0 Å². The molecule has 0 saturated carbocycles. The van der Waals surface area contributed by atoms with Crippen LogP contribution in [0.15, 0.2) is 48.6 Å². The van der Waals surface area contributed by atoms with E-state index in [0.29, 0.717) is 0 Å². The summed E-state index contributed by atoms with van der Waals surface area (Å²) in [5.74, 6) is -1.07. The third-order valence-electron chi connectivity index (χ3n) is 4.31. The van der Waals surface area contributed by atoms with Gasteiger partial charge in [0, 0.05) is 13.2 Å². The summed E-state index contributed by atoms with van der Waals surface area (Å²) in [4.78, 5) is 23.9. The minimum absolute atomic E-state index is 0.343. The summed E-state index contributed by atoms with van der Waals surface area (Å²) in [7, 11) is 1.30. The molecule has 1 aliphatic rings. The number of carbonyl (C=O) groups excluding carboxylic acids is 2. The van der Waals surface area contributed by atoms with E-state index in [4.69, 9.17) is 14.6 Å². The Balaban J connectivity index is 1.80. The molecular weight excluding hydrogens is 380 g/mol. The van der Waals surface area contributed by atoms with Crippen molar-refractivity contribution in [3.8, 4) is 0 Å². The third kappa shape index (κ3) is 6.77. The van der Waals surface area contributed by atoms with E-state index in [9.17, 15) is 19.8 Å². The van der Waals surface area contributed by atoms with Crippen LogP contribution < -0.4 is 10.6 Å². The summed E-state index contributed by atoms with van der Waals surface area (Å²) < 4.78 is 10.4. The zero-order valence-corrected chi connectivity index (χ0v) is 16.0. The number of amides is 2. The molecule has 1 fully saturated rings. The number of ether oxygens (including phenoxy) is 2. The Kier molecular flexibility index (Phi) is 8.97. The lowest BCUT2D eigenvalue weighted by molar-refractivity contribution is -0.262. The maximum Gasteiger partial charge on any atom is 0.244 e. The molecule has 0 unspecified atom stereocenters. The lowest BCUT2D eigenvalue weighted by Crippen LogP contribution is -2.65. The molecule has 9 nitrogen and oxygen atoms in total. The van der Waals surface area contributed by atoms with Crippen molar-refractivity contribution in [2.75, 3.05) is 20.3 Å². The Labute approximate surface area is 168 Å². The molecule has 2 amide bonds. The fourth-order valence-corrected chi connectivity index (χ4v) is 2.77.